The molecular formula is C23H23NO3. The predicted octanol–water partition coefficient (Wildman–Crippen LogP) is 5.24. The van der Waals surface area contributed by atoms with Crippen molar-refractivity contribution >= 4 is 12.0 Å². The summed E-state index contributed by atoms with van der Waals surface area (Å²) >= 11 is 0. The zero-order valence-electron chi connectivity index (χ0n) is 15.4. The zero-order valence-corrected chi connectivity index (χ0v) is 15.4. The third kappa shape index (κ3) is 4.40. The van der Waals surface area contributed by atoms with Gasteiger partial charge in [-0.2, -0.15) is 0 Å². The predicted molar refractivity (Wildman–Crippen MR) is 104 cm³/mol. The fourth-order valence-electron chi connectivity index (χ4n) is 3.24. The maximum Gasteiger partial charge on any atom is 0.247 e. The first-order valence-corrected chi connectivity index (χ1v) is 9.32. The number of furan rings is 2. The molecule has 0 saturated heterocycles. The molecule has 1 aliphatic carbocycles. The van der Waals surface area contributed by atoms with Crippen molar-refractivity contribution in [3.8, 4) is 0 Å². The lowest BCUT2D eigenvalue weighted by Gasteiger charge is -2.20. The number of carbonyl (C=O) groups is 1. The Hall–Kier alpha value is -3.01. The van der Waals surface area contributed by atoms with Gasteiger partial charge in [0.15, 0.2) is 0 Å². The Morgan fingerprint density at radius 2 is 1.93 bits per heavy atom. The number of carbonyl (C=O) groups excluding carboxylic acids is 1. The summed E-state index contributed by atoms with van der Waals surface area (Å²) in [7, 11) is 0. The van der Waals surface area contributed by atoms with Crippen molar-refractivity contribution in [3.63, 3.8) is 0 Å². The van der Waals surface area contributed by atoms with Crippen molar-refractivity contribution in [2.45, 2.75) is 32.4 Å². The number of nitrogens with zero attached hydrogens (tertiary/aromatic N) is 1. The fourth-order valence-corrected chi connectivity index (χ4v) is 3.24. The van der Waals surface area contributed by atoms with Crippen molar-refractivity contribution in [2.24, 2.45) is 5.92 Å². The van der Waals surface area contributed by atoms with Crippen LogP contribution in [-0.2, 0) is 17.9 Å². The van der Waals surface area contributed by atoms with Gasteiger partial charge in [0.25, 0.3) is 0 Å². The Morgan fingerprint density at radius 3 is 2.63 bits per heavy atom. The van der Waals surface area contributed by atoms with Crippen LogP contribution in [0.1, 0.15) is 42.1 Å². The Balaban J connectivity index is 1.46. The van der Waals surface area contributed by atoms with Crippen LogP contribution in [0.25, 0.3) is 6.08 Å². The molecule has 4 nitrogen and oxygen atoms in total. The van der Waals surface area contributed by atoms with Gasteiger partial charge in [0.05, 0.1) is 12.8 Å². The van der Waals surface area contributed by atoms with E-state index in [-0.39, 0.29) is 5.91 Å². The maximum absolute atomic E-state index is 12.8. The van der Waals surface area contributed by atoms with Crippen LogP contribution in [0.2, 0.25) is 0 Å². The lowest BCUT2D eigenvalue weighted by Crippen LogP contribution is -2.28. The van der Waals surface area contributed by atoms with Crippen molar-refractivity contribution in [1.29, 1.82) is 0 Å². The van der Waals surface area contributed by atoms with Crippen LogP contribution in [0.15, 0.2) is 75.8 Å². The number of benzene rings is 1. The number of hydrogen-bond acceptors (Lipinski definition) is 3. The second-order valence-corrected chi connectivity index (χ2v) is 7.15. The Labute approximate surface area is 159 Å². The van der Waals surface area contributed by atoms with E-state index in [0.717, 1.165) is 22.8 Å². The molecule has 2 unspecified atom stereocenters. The van der Waals surface area contributed by atoms with Crippen molar-refractivity contribution in [3.05, 3.63) is 89.8 Å². The molecule has 0 aliphatic heterocycles. The summed E-state index contributed by atoms with van der Waals surface area (Å²) in [4.78, 5) is 14.6. The van der Waals surface area contributed by atoms with Gasteiger partial charge < -0.3 is 13.7 Å². The molecule has 138 valence electrons. The van der Waals surface area contributed by atoms with Crippen LogP contribution < -0.4 is 0 Å². The highest BCUT2D eigenvalue weighted by Crippen LogP contribution is 2.47. The zero-order chi connectivity index (χ0) is 18.6. The molecule has 3 aromatic rings. The van der Waals surface area contributed by atoms with Crippen LogP contribution in [0, 0.1) is 5.92 Å². The average Bonchev–Trinajstić information content (AvgIpc) is 3.08. The summed E-state index contributed by atoms with van der Waals surface area (Å²) in [5, 5.41) is 0. The van der Waals surface area contributed by atoms with Gasteiger partial charge in [-0.15, -0.1) is 0 Å². The van der Waals surface area contributed by atoms with Crippen LogP contribution in [0.4, 0.5) is 0 Å². The minimum absolute atomic E-state index is 0.0759. The first kappa shape index (κ1) is 17.4. The molecule has 27 heavy (non-hydrogen) atoms. The van der Waals surface area contributed by atoms with E-state index >= 15 is 0 Å². The van der Waals surface area contributed by atoms with E-state index < -0.39 is 0 Å². The molecule has 4 heteroatoms. The van der Waals surface area contributed by atoms with Crippen molar-refractivity contribution in [2.75, 3.05) is 0 Å². The van der Waals surface area contributed by atoms with Crippen LogP contribution >= 0.6 is 0 Å². The highest BCUT2D eigenvalue weighted by Gasteiger charge is 2.36. The Kier molecular flexibility index (Phi) is 4.97. The van der Waals surface area contributed by atoms with E-state index in [2.05, 4.69) is 6.92 Å². The van der Waals surface area contributed by atoms with E-state index in [0.29, 0.717) is 24.9 Å². The van der Waals surface area contributed by atoms with Crippen LogP contribution in [0.3, 0.4) is 0 Å². The van der Waals surface area contributed by atoms with Gasteiger partial charge in [-0.3, -0.25) is 4.79 Å². The highest BCUT2D eigenvalue weighted by molar-refractivity contribution is 5.91. The summed E-state index contributed by atoms with van der Waals surface area (Å²) < 4.78 is 11.3. The summed E-state index contributed by atoms with van der Waals surface area (Å²) in [5.41, 5.74) is 1.08. The standard InChI is InChI=1S/C23H23NO3/c1-17-14-21(17)22-11-9-19(27-22)10-12-23(25)24(16-20-8-5-13-26-20)15-18-6-3-2-4-7-18/h2-13,17,21H,14-16H2,1H3/b12-10+. The summed E-state index contributed by atoms with van der Waals surface area (Å²) in [6.45, 7) is 3.17. The van der Waals surface area contributed by atoms with Gasteiger partial charge in [0, 0.05) is 18.5 Å². The number of rotatable bonds is 7. The van der Waals surface area contributed by atoms with E-state index in [1.165, 1.54) is 6.42 Å². The minimum Gasteiger partial charge on any atom is -0.467 e. The molecule has 0 radical (unpaired) electrons. The van der Waals surface area contributed by atoms with E-state index in [4.69, 9.17) is 8.83 Å². The van der Waals surface area contributed by atoms with Crippen molar-refractivity contribution < 1.29 is 13.6 Å². The largest absolute Gasteiger partial charge is 0.467 e. The third-order valence-electron chi connectivity index (χ3n) is 4.97. The number of amides is 1. The molecule has 2 atom stereocenters. The minimum atomic E-state index is -0.0759. The van der Waals surface area contributed by atoms with Gasteiger partial charge in [-0.25, -0.2) is 0 Å². The first-order chi connectivity index (χ1) is 13.2. The lowest BCUT2D eigenvalue weighted by atomic mass is 10.2. The molecule has 0 N–H and O–H groups in total. The number of hydrogen-bond donors (Lipinski definition) is 0. The first-order valence-electron chi connectivity index (χ1n) is 9.32. The van der Waals surface area contributed by atoms with Crippen LogP contribution in [0.5, 0.6) is 0 Å². The fraction of sp³-hybridized carbons (Fsp3) is 0.261. The monoisotopic (exact) mass is 361 g/mol. The smallest absolute Gasteiger partial charge is 0.247 e. The Bertz CT molecular complexity index is 908. The second-order valence-electron chi connectivity index (χ2n) is 7.15. The summed E-state index contributed by atoms with van der Waals surface area (Å²) in [5.74, 6) is 3.66. The maximum atomic E-state index is 12.8. The summed E-state index contributed by atoms with van der Waals surface area (Å²) in [6.07, 6.45) is 6.13. The molecule has 1 saturated carbocycles. The quantitative estimate of drug-likeness (QED) is 0.541. The second kappa shape index (κ2) is 7.70. The van der Waals surface area contributed by atoms with Gasteiger partial charge >= 0.3 is 0 Å². The van der Waals surface area contributed by atoms with E-state index in [9.17, 15) is 4.79 Å². The molecule has 2 aromatic heterocycles. The average molecular weight is 361 g/mol. The molecular weight excluding hydrogens is 338 g/mol. The van der Waals surface area contributed by atoms with Gasteiger partial charge in [-0.1, -0.05) is 37.3 Å². The molecule has 0 spiro atoms. The normalized spacial score (nSPS) is 18.7. The summed E-state index contributed by atoms with van der Waals surface area (Å²) in [6, 6.07) is 17.6. The van der Waals surface area contributed by atoms with Crippen molar-refractivity contribution in [1.82, 2.24) is 4.90 Å². The SMILES string of the molecule is CC1CC1c1ccc(/C=C/C(=O)N(Cc2ccccc2)Cc2ccco2)o1. The molecule has 1 aromatic carbocycles. The van der Waals surface area contributed by atoms with Gasteiger partial charge in [0.1, 0.15) is 17.3 Å². The van der Waals surface area contributed by atoms with Gasteiger partial charge in [0.2, 0.25) is 5.91 Å². The molecule has 1 aliphatic rings. The topological polar surface area (TPSA) is 46.6 Å². The van der Waals surface area contributed by atoms with Crippen LogP contribution in [-0.4, -0.2) is 10.8 Å². The van der Waals surface area contributed by atoms with E-state index in [1.54, 1.807) is 23.3 Å². The molecule has 2 heterocycles. The molecule has 1 fully saturated rings. The van der Waals surface area contributed by atoms with E-state index in [1.807, 2.05) is 54.6 Å². The van der Waals surface area contributed by atoms with Gasteiger partial charge in [-0.05, 0) is 48.2 Å². The molecule has 0 bridgehead atoms. The Morgan fingerprint density at radius 1 is 1.11 bits per heavy atom. The molecule has 4 rings (SSSR count). The third-order valence-corrected chi connectivity index (χ3v) is 4.97. The highest BCUT2D eigenvalue weighted by atomic mass is 16.3. The molecule has 1 amide bonds. The lowest BCUT2D eigenvalue weighted by molar-refractivity contribution is -0.127.